The smallest absolute Gasteiger partial charge is 0.273 e. The van der Waals surface area contributed by atoms with Crippen molar-refractivity contribution in [2.45, 2.75) is 48.6 Å². The molecule has 0 atom stereocenters. The number of alkyl halides is 2. The van der Waals surface area contributed by atoms with Crippen molar-refractivity contribution in [3.8, 4) is 0 Å². The van der Waals surface area contributed by atoms with Crippen LogP contribution >= 0.6 is 11.8 Å². The molecule has 0 aliphatic heterocycles. The Morgan fingerprint density at radius 2 is 2.09 bits per heavy atom. The van der Waals surface area contributed by atoms with Gasteiger partial charge in [-0.05, 0) is 18.9 Å². The molecular formula is C19H16F2N6O4S. The van der Waals surface area contributed by atoms with Gasteiger partial charge >= 0.3 is 0 Å². The molecule has 32 heavy (non-hydrogen) atoms. The SMILES string of the molecule is O=c1[nH]c(SCc2nc3ccc([N+](=O)[O-])cc3o2)nc2c1cnn2C1CCC(F)(F)CC1. The van der Waals surface area contributed by atoms with Gasteiger partial charge in [0, 0.05) is 18.9 Å². The number of rotatable bonds is 5. The van der Waals surface area contributed by atoms with Gasteiger partial charge in [-0.2, -0.15) is 5.10 Å². The molecule has 1 aliphatic rings. The van der Waals surface area contributed by atoms with Crippen LogP contribution in [-0.4, -0.2) is 35.6 Å². The summed E-state index contributed by atoms with van der Waals surface area (Å²) < 4.78 is 34.2. The van der Waals surface area contributed by atoms with Crippen molar-refractivity contribution in [2.24, 2.45) is 0 Å². The second-order valence-electron chi connectivity index (χ2n) is 7.59. The van der Waals surface area contributed by atoms with Crippen LogP contribution in [-0.2, 0) is 5.75 Å². The molecule has 3 aromatic heterocycles. The Morgan fingerprint density at radius 1 is 1.31 bits per heavy atom. The summed E-state index contributed by atoms with van der Waals surface area (Å²) in [5.41, 5.74) is 0.643. The average Bonchev–Trinajstić information content (AvgIpc) is 3.36. The summed E-state index contributed by atoms with van der Waals surface area (Å²) in [6.45, 7) is 0. The third-order valence-corrected chi connectivity index (χ3v) is 6.29. The number of hydrogen-bond acceptors (Lipinski definition) is 8. The van der Waals surface area contributed by atoms with E-state index < -0.39 is 10.8 Å². The summed E-state index contributed by atoms with van der Waals surface area (Å²) in [7, 11) is 0. The zero-order valence-corrected chi connectivity index (χ0v) is 17.3. The molecule has 10 nitrogen and oxygen atoms in total. The number of nitro benzene ring substituents is 1. The largest absolute Gasteiger partial charge is 0.440 e. The third kappa shape index (κ3) is 3.83. The number of nitrogens with one attached hydrogen (secondary N) is 1. The lowest BCUT2D eigenvalue weighted by Crippen LogP contribution is -2.27. The lowest BCUT2D eigenvalue weighted by Gasteiger charge is -2.28. The van der Waals surface area contributed by atoms with Gasteiger partial charge in [-0.1, -0.05) is 11.8 Å². The number of nitro groups is 1. The Bertz CT molecular complexity index is 1390. The summed E-state index contributed by atoms with van der Waals surface area (Å²) in [6, 6.07) is 3.90. The van der Waals surface area contributed by atoms with Crippen LogP contribution in [0.3, 0.4) is 0 Å². The first-order valence-electron chi connectivity index (χ1n) is 9.81. The third-order valence-electron chi connectivity index (χ3n) is 5.43. The number of H-pyrrole nitrogens is 1. The molecular weight excluding hydrogens is 446 g/mol. The highest BCUT2D eigenvalue weighted by atomic mass is 32.2. The lowest BCUT2D eigenvalue weighted by atomic mass is 9.92. The molecule has 0 radical (unpaired) electrons. The predicted octanol–water partition coefficient (Wildman–Crippen LogP) is 4.21. The first-order valence-corrected chi connectivity index (χ1v) is 10.8. The lowest BCUT2D eigenvalue weighted by molar-refractivity contribution is -0.384. The monoisotopic (exact) mass is 462 g/mol. The van der Waals surface area contributed by atoms with Crippen LogP contribution in [0, 0.1) is 10.1 Å². The molecule has 4 aromatic rings. The van der Waals surface area contributed by atoms with E-state index in [1.165, 1.54) is 36.2 Å². The molecule has 1 fully saturated rings. The number of aromatic amines is 1. The molecule has 1 saturated carbocycles. The van der Waals surface area contributed by atoms with Gasteiger partial charge in [0.05, 0.1) is 29.0 Å². The number of oxazole rings is 1. The van der Waals surface area contributed by atoms with Crippen LogP contribution in [0.4, 0.5) is 14.5 Å². The number of fused-ring (bicyclic) bond motifs is 2. The van der Waals surface area contributed by atoms with E-state index in [2.05, 4.69) is 20.1 Å². The van der Waals surface area contributed by atoms with E-state index in [1.54, 1.807) is 4.68 Å². The van der Waals surface area contributed by atoms with Crippen LogP contribution in [0.25, 0.3) is 22.1 Å². The summed E-state index contributed by atoms with van der Waals surface area (Å²) in [6.07, 6.45) is 1.47. The van der Waals surface area contributed by atoms with Gasteiger partial charge in [-0.3, -0.25) is 14.9 Å². The zero-order valence-electron chi connectivity index (χ0n) is 16.5. The minimum Gasteiger partial charge on any atom is -0.440 e. The fraction of sp³-hybridized carbons (Fsp3) is 0.368. The number of halogens is 2. The maximum atomic E-state index is 13.5. The van der Waals surface area contributed by atoms with E-state index in [0.717, 1.165) is 0 Å². The van der Waals surface area contributed by atoms with Gasteiger partial charge in [0.25, 0.3) is 11.2 Å². The fourth-order valence-electron chi connectivity index (χ4n) is 3.79. The minimum atomic E-state index is -2.66. The highest BCUT2D eigenvalue weighted by molar-refractivity contribution is 7.98. The number of benzene rings is 1. The van der Waals surface area contributed by atoms with Crippen molar-refractivity contribution >= 4 is 39.6 Å². The van der Waals surface area contributed by atoms with E-state index >= 15 is 0 Å². The number of non-ortho nitro benzene ring substituents is 1. The Hall–Kier alpha value is -3.35. The van der Waals surface area contributed by atoms with Crippen molar-refractivity contribution in [2.75, 3.05) is 0 Å². The van der Waals surface area contributed by atoms with Crippen LogP contribution in [0.15, 0.2) is 38.8 Å². The van der Waals surface area contributed by atoms with Gasteiger partial charge in [0.1, 0.15) is 10.9 Å². The highest BCUT2D eigenvalue weighted by Crippen LogP contribution is 2.39. The van der Waals surface area contributed by atoms with Crippen LogP contribution < -0.4 is 5.56 Å². The number of thioether (sulfide) groups is 1. The van der Waals surface area contributed by atoms with E-state index in [1.807, 2.05) is 0 Å². The van der Waals surface area contributed by atoms with Crippen molar-refractivity contribution in [1.29, 1.82) is 0 Å². The minimum absolute atomic E-state index is 0.0990. The van der Waals surface area contributed by atoms with Crippen LogP contribution in [0.1, 0.15) is 37.6 Å². The van der Waals surface area contributed by atoms with Gasteiger partial charge in [0.2, 0.25) is 11.8 Å². The average molecular weight is 462 g/mol. The number of hydrogen-bond donors (Lipinski definition) is 1. The Labute approximate surface area is 182 Å². The zero-order chi connectivity index (χ0) is 22.5. The summed E-state index contributed by atoms with van der Waals surface area (Å²) in [5.74, 6) is -2.12. The van der Waals surface area contributed by atoms with Crippen LogP contribution in [0.5, 0.6) is 0 Å². The quantitative estimate of drug-likeness (QED) is 0.202. The molecule has 3 heterocycles. The van der Waals surface area contributed by atoms with E-state index in [9.17, 15) is 23.7 Å². The van der Waals surface area contributed by atoms with Gasteiger partial charge in [-0.25, -0.2) is 23.4 Å². The topological polar surface area (TPSA) is 133 Å². The van der Waals surface area contributed by atoms with Crippen molar-refractivity contribution < 1.29 is 18.1 Å². The Balaban J connectivity index is 1.38. The van der Waals surface area contributed by atoms with Gasteiger partial charge in [0.15, 0.2) is 16.4 Å². The Kier molecular flexibility index (Phi) is 4.92. The summed E-state index contributed by atoms with van der Waals surface area (Å²) >= 11 is 1.17. The standard InChI is InChI=1S/C19H16F2N6O4S/c20-19(21)5-3-10(4-6-19)26-16-12(8-22-26)17(28)25-18(24-16)32-9-15-23-13-2-1-11(27(29)30)7-14(13)31-15/h1-2,7-8,10H,3-6,9H2,(H,24,25,28). The van der Waals surface area contributed by atoms with E-state index in [-0.39, 0.29) is 48.7 Å². The number of nitrogens with zero attached hydrogens (tertiary/aromatic N) is 5. The van der Waals surface area contributed by atoms with Crippen molar-refractivity contribution in [1.82, 2.24) is 24.7 Å². The summed E-state index contributed by atoms with van der Waals surface area (Å²) in [4.78, 5) is 34.3. The van der Waals surface area contributed by atoms with E-state index in [4.69, 9.17) is 4.42 Å². The molecule has 5 rings (SSSR count). The molecule has 0 amide bonds. The molecule has 1 aliphatic carbocycles. The first kappa shape index (κ1) is 20.5. The molecule has 0 saturated heterocycles. The van der Waals surface area contributed by atoms with Crippen molar-refractivity contribution in [3.63, 3.8) is 0 Å². The molecule has 1 aromatic carbocycles. The summed E-state index contributed by atoms with van der Waals surface area (Å²) in [5, 5.41) is 15.7. The second-order valence-corrected chi connectivity index (χ2v) is 8.55. The van der Waals surface area contributed by atoms with E-state index in [0.29, 0.717) is 33.2 Å². The fourth-order valence-corrected chi connectivity index (χ4v) is 4.49. The molecule has 0 unspecified atom stereocenters. The normalized spacial score (nSPS) is 16.7. The van der Waals surface area contributed by atoms with Crippen LogP contribution in [0.2, 0.25) is 0 Å². The first-order chi connectivity index (χ1) is 15.3. The number of aromatic nitrogens is 5. The van der Waals surface area contributed by atoms with Gasteiger partial charge in [-0.15, -0.1) is 0 Å². The maximum Gasteiger partial charge on any atom is 0.273 e. The predicted molar refractivity (Wildman–Crippen MR) is 111 cm³/mol. The highest BCUT2D eigenvalue weighted by Gasteiger charge is 2.36. The maximum absolute atomic E-state index is 13.5. The molecule has 1 N–H and O–H groups in total. The van der Waals surface area contributed by atoms with Crippen molar-refractivity contribution in [3.05, 3.63) is 50.8 Å². The molecule has 0 bridgehead atoms. The molecule has 13 heteroatoms. The Morgan fingerprint density at radius 3 is 2.84 bits per heavy atom. The molecule has 166 valence electrons. The molecule has 0 spiro atoms. The second kappa shape index (κ2) is 7.65. The van der Waals surface area contributed by atoms with Gasteiger partial charge < -0.3 is 9.40 Å².